The van der Waals surface area contributed by atoms with E-state index >= 15 is 0 Å². The number of amides is 2. The fraction of sp³-hybridized carbons (Fsp3) is 0.435. The number of ether oxygens (including phenoxy) is 3. The summed E-state index contributed by atoms with van der Waals surface area (Å²) in [4.78, 5) is 28.7. The zero-order valence-corrected chi connectivity index (χ0v) is 17.8. The van der Waals surface area contributed by atoms with E-state index in [1.807, 2.05) is 12.1 Å². The van der Waals surface area contributed by atoms with Crippen LogP contribution in [-0.4, -0.2) is 67.1 Å². The minimum Gasteiger partial charge on any atom is -0.487 e. The maximum atomic E-state index is 12.5. The third-order valence-electron chi connectivity index (χ3n) is 5.72. The Morgan fingerprint density at radius 2 is 2.19 bits per heavy atom. The lowest BCUT2D eigenvalue weighted by Crippen LogP contribution is -2.47. The largest absolute Gasteiger partial charge is 0.487 e. The van der Waals surface area contributed by atoms with Crippen molar-refractivity contribution in [3.63, 3.8) is 0 Å². The van der Waals surface area contributed by atoms with Gasteiger partial charge in [-0.15, -0.1) is 0 Å². The molecule has 1 fully saturated rings. The molecule has 0 aliphatic carbocycles. The number of carbonyl (C=O) groups is 2. The van der Waals surface area contributed by atoms with Crippen molar-refractivity contribution in [3.8, 4) is 5.75 Å². The van der Waals surface area contributed by atoms with Crippen molar-refractivity contribution < 1.29 is 28.9 Å². The van der Waals surface area contributed by atoms with Crippen LogP contribution in [0.25, 0.3) is 0 Å². The molecule has 1 aromatic carbocycles. The van der Waals surface area contributed by atoms with Crippen LogP contribution >= 0.6 is 0 Å². The van der Waals surface area contributed by atoms with E-state index in [4.69, 9.17) is 14.2 Å². The number of hydrogen-bond donors (Lipinski definition) is 3. The number of rotatable bonds is 8. The first-order chi connectivity index (χ1) is 15.6. The molecule has 0 radical (unpaired) electrons. The Morgan fingerprint density at radius 1 is 1.31 bits per heavy atom. The number of fused-ring (bicyclic) bond motifs is 3. The molecule has 9 heteroatoms. The van der Waals surface area contributed by atoms with Gasteiger partial charge in [0, 0.05) is 43.2 Å². The molecule has 170 valence electrons. The van der Waals surface area contributed by atoms with Gasteiger partial charge < -0.3 is 30.0 Å². The van der Waals surface area contributed by atoms with Crippen LogP contribution in [0.2, 0.25) is 0 Å². The second-order valence-electron chi connectivity index (χ2n) is 7.90. The summed E-state index contributed by atoms with van der Waals surface area (Å²) in [5, 5.41) is 15.5. The lowest BCUT2D eigenvalue weighted by Gasteiger charge is -2.37. The Bertz CT molecular complexity index is 954. The number of aromatic nitrogens is 1. The van der Waals surface area contributed by atoms with E-state index in [0.717, 1.165) is 5.56 Å². The Labute approximate surface area is 186 Å². The summed E-state index contributed by atoms with van der Waals surface area (Å²) < 4.78 is 17.0. The van der Waals surface area contributed by atoms with Crippen LogP contribution in [0, 0.1) is 0 Å². The van der Waals surface area contributed by atoms with Crippen LogP contribution in [0.5, 0.6) is 5.75 Å². The fourth-order valence-corrected chi connectivity index (χ4v) is 4.24. The van der Waals surface area contributed by atoms with Gasteiger partial charge in [-0.2, -0.15) is 0 Å². The molecular weight excluding hydrogens is 414 g/mol. The predicted octanol–water partition coefficient (Wildman–Crippen LogP) is 1.48. The zero-order chi connectivity index (χ0) is 22.5. The molecule has 1 aromatic heterocycles. The van der Waals surface area contributed by atoms with Gasteiger partial charge in [0.05, 0.1) is 31.3 Å². The number of nitrogens with one attached hydrogen (secondary N) is 2. The molecule has 0 saturated carbocycles. The quantitative estimate of drug-likeness (QED) is 0.531. The highest BCUT2D eigenvalue weighted by molar-refractivity contribution is 6.04. The van der Waals surface area contributed by atoms with Crippen molar-refractivity contribution in [2.45, 2.75) is 37.1 Å². The average molecular weight is 441 g/mol. The summed E-state index contributed by atoms with van der Waals surface area (Å²) in [6.07, 6.45) is 2.66. The summed E-state index contributed by atoms with van der Waals surface area (Å²) in [5.41, 5.74) is 2.04. The number of nitrogens with zero attached hydrogens (tertiary/aromatic N) is 1. The van der Waals surface area contributed by atoms with Gasteiger partial charge in [0.1, 0.15) is 18.0 Å². The van der Waals surface area contributed by atoms with E-state index in [-0.39, 0.29) is 43.0 Å². The molecule has 0 bridgehead atoms. The molecule has 2 aliphatic rings. The monoisotopic (exact) mass is 441 g/mol. The summed E-state index contributed by atoms with van der Waals surface area (Å²) >= 11 is 0. The molecule has 0 spiro atoms. The highest BCUT2D eigenvalue weighted by Crippen LogP contribution is 2.47. The van der Waals surface area contributed by atoms with Crippen molar-refractivity contribution >= 4 is 17.5 Å². The summed E-state index contributed by atoms with van der Waals surface area (Å²) in [7, 11) is 1.58. The molecular formula is C23H27N3O6. The second-order valence-corrected chi connectivity index (χ2v) is 7.90. The Hall–Kier alpha value is -3.01. The van der Waals surface area contributed by atoms with Gasteiger partial charge in [0.15, 0.2) is 0 Å². The van der Waals surface area contributed by atoms with E-state index in [2.05, 4.69) is 15.6 Å². The summed E-state index contributed by atoms with van der Waals surface area (Å²) in [6.45, 7) is 0.668. The number of aliphatic hydroxyl groups excluding tert-OH is 1. The molecule has 2 aliphatic heterocycles. The highest BCUT2D eigenvalue weighted by atomic mass is 16.6. The lowest BCUT2D eigenvalue weighted by molar-refractivity contribution is -0.142. The number of pyridine rings is 1. The van der Waals surface area contributed by atoms with Crippen molar-refractivity contribution in [3.05, 3.63) is 53.9 Å². The highest BCUT2D eigenvalue weighted by Gasteiger charge is 2.46. The normalized spacial score (nSPS) is 23.6. The lowest BCUT2D eigenvalue weighted by atomic mass is 9.84. The van der Waals surface area contributed by atoms with Gasteiger partial charge in [-0.1, -0.05) is 0 Å². The number of carbonyl (C=O) groups excluding carboxylic acids is 2. The van der Waals surface area contributed by atoms with Crippen LogP contribution in [0.4, 0.5) is 5.69 Å². The minimum atomic E-state index is -0.536. The van der Waals surface area contributed by atoms with Crippen LogP contribution in [0.15, 0.2) is 42.7 Å². The van der Waals surface area contributed by atoms with Crippen molar-refractivity contribution in [2.24, 2.45) is 0 Å². The van der Waals surface area contributed by atoms with E-state index in [9.17, 15) is 14.7 Å². The molecule has 1 saturated heterocycles. The van der Waals surface area contributed by atoms with Crippen LogP contribution < -0.4 is 15.4 Å². The van der Waals surface area contributed by atoms with Gasteiger partial charge in [-0.3, -0.25) is 14.6 Å². The standard InChI is InChI=1S/C23H27N3O6/c1-30-8-7-25-21(28)11-16-10-18-17-9-15(26-23(29)14-3-2-6-24-12-14)4-5-19(17)32-22(18)20(13-27)31-16/h2-6,9,12,16,18,20,22,27H,7-8,10-11,13H2,1H3,(H,25,28)(H,26,29)/t16-,18-,20-,22+/m1/s1. The molecule has 4 rings (SSSR count). The summed E-state index contributed by atoms with van der Waals surface area (Å²) in [5.74, 6) is 0.271. The third kappa shape index (κ3) is 4.90. The molecule has 4 atom stereocenters. The maximum Gasteiger partial charge on any atom is 0.257 e. The molecule has 3 N–H and O–H groups in total. The second kappa shape index (κ2) is 10.1. The first-order valence-electron chi connectivity index (χ1n) is 10.6. The maximum absolute atomic E-state index is 12.5. The molecule has 0 unspecified atom stereocenters. The van der Waals surface area contributed by atoms with E-state index in [1.54, 1.807) is 31.5 Å². The van der Waals surface area contributed by atoms with Crippen LogP contribution in [-0.2, 0) is 14.3 Å². The molecule has 2 aromatic rings. The van der Waals surface area contributed by atoms with Crippen molar-refractivity contribution in [2.75, 3.05) is 32.2 Å². The number of methoxy groups -OCH3 is 1. The van der Waals surface area contributed by atoms with Crippen LogP contribution in [0.3, 0.4) is 0 Å². The molecule has 2 amide bonds. The Kier molecular flexibility index (Phi) is 6.99. The Balaban J connectivity index is 1.47. The van der Waals surface area contributed by atoms with Gasteiger partial charge in [-0.25, -0.2) is 0 Å². The van der Waals surface area contributed by atoms with Crippen molar-refractivity contribution in [1.29, 1.82) is 0 Å². The Morgan fingerprint density at radius 3 is 2.94 bits per heavy atom. The average Bonchev–Trinajstić information content (AvgIpc) is 3.17. The minimum absolute atomic E-state index is 0.0529. The fourth-order valence-electron chi connectivity index (χ4n) is 4.24. The van der Waals surface area contributed by atoms with Crippen molar-refractivity contribution in [1.82, 2.24) is 10.3 Å². The SMILES string of the molecule is COCCNC(=O)C[C@H]1C[C@@H]2c3cc(NC(=O)c4cccnc4)ccc3O[C@@H]2[C@@H](CO)O1. The summed E-state index contributed by atoms with van der Waals surface area (Å²) in [6, 6.07) is 8.89. The molecule has 3 heterocycles. The number of hydrogen-bond acceptors (Lipinski definition) is 7. The topological polar surface area (TPSA) is 119 Å². The number of benzene rings is 1. The number of anilines is 1. The first kappa shape index (κ1) is 22.2. The zero-order valence-electron chi connectivity index (χ0n) is 17.8. The third-order valence-corrected chi connectivity index (χ3v) is 5.72. The smallest absolute Gasteiger partial charge is 0.257 e. The predicted molar refractivity (Wildman–Crippen MR) is 116 cm³/mol. The van der Waals surface area contributed by atoms with E-state index in [0.29, 0.717) is 36.6 Å². The van der Waals surface area contributed by atoms with Gasteiger partial charge >= 0.3 is 0 Å². The number of aliphatic hydroxyl groups is 1. The van der Waals surface area contributed by atoms with Crippen LogP contribution in [0.1, 0.15) is 34.7 Å². The molecule has 9 nitrogen and oxygen atoms in total. The van der Waals surface area contributed by atoms with Gasteiger partial charge in [0.2, 0.25) is 5.91 Å². The molecule has 32 heavy (non-hydrogen) atoms. The van der Waals surface area contributed by atoms with E-state index in [1.165, 1.54) is 6.20 Å². The van der Waals surface area contributed by atoms with E-state index < -0.39 is 6.10 Å². The van der Waals surface area contributed by atoms with Gasteiger partial charge in [0.25, 0.3) is 5.91 Å². The first-order valence-corrected chi connectivity index (χ1v) is 10.6. The van der Waals surface area contributed by atoms with Gasteiger partial charge in [-0.05, 0) is 36.8 Å².